The van der Waals surface area contributed by atoms with Gasteiger partial charge in [0.15, 0.2) is 5.78 Å². The van der Waals surface area contributed by atoms with Gasteiger partial charge in [-0.25, -0.2) is 24.7 Å². The van der Waals surface area contributed by atoms with Crippen molar-refractivity contribution >= 4 is 113 Å². The summed E-state index contributed by atoms with van der Waals surface area (Å²) in [4.78, 5) is 135. The number of esters is 2. The van der Waals surface area contributed by atoms with Crippen molar-refractivity contribution in [1.29, 1.82) is 0 Å². The molecule has 131 heavy (non-hydrogen) atoms. The van der Waals surface area contributed by atoms with Crippen LogP contribution in [0.15, 0.2) is 237 Å². The Labute approximate surface area is 758 Å². The third kappa shape index (κ3) is 28.3. The lowest BCUT2D eigenvalue weighted by Gasteiger charge is -2.27. The van der Waals surface area contributed by atoms with E-state index in [-0.39, 0.29) is 48.5 Å². The van der Waals surface area contributed by atoms with Gasteiger partial charge < -0.3 is 61.9 Å². The standard InChI is InChI=1S/C22H23N3O2.C19H18N4O2.C19H20N4O.C15H11N3O2.C9H6O2.C7H8N2O.C4H9NO.C4H6O3.CH4/c1-16(26)12-17-6-7-21(23-14-17)22-13-18(15-25-8-10-27-11-9-25)19-4-2-3-5-20(19)24-22;20-13-5-6-17(21-12-13)18-11-15(14-3-1-2-4-16(14)22-18)19(24)23-7-9-25-10-8-23;20-15-5-6-18(21-12-15)19-11-14(13-23-7-9-24-10-8-23)16-3-1-2-4-17(16)22-19;16-9-5-6-13(17-8-9)14-7-11(15(19)20)10-3-1-2-4-12(10)18-14;10-8-5-6-3-1-2-4-7(6)9(8)11;1-5(10)7-3-2-6(8)4-9-7;1-3-6-4-2-5-1;1-3(5)7-4(2)6;/h2-7,13-14H,8-12,15H2,1H3;1-6,11-12H,7-10,20H2;1-6,11-12H,7-10,13,20H2;1-8H,16H2,(H,19,20);1-4H,5H2;2-4H,8H2,1H3;5H,1-4H2;1-2H3;1H4. The summed E-state index contributed by atoms with van der Waals surface area (Å²) in [6, 6.07) is 64.1. The van der Waals surface area contributed by atoms with Gasteiger partial charge in [-0.3, -0.25) is 68.3 Å². The first-order valence-electron chi connectivity index (χ1n) is 42.2. The monoisotopic (exact) mass is 1770 g/mol. The molecular weight excluding hydrogens is 1660 g/mol. The Morgan fingerprint density at radius 2 is 0.786 bits per heavy atom. The topological polar surface area (TPSA) is 445 Å². The van der Waals surface area contributed by atoms with E-state index in [4.69, 9.17) is 51.9 Å². The molecule has 0 atom stereocenters. The number of hydrogen-bond acceptors (Lipinski definition) is 29. The lowest BCUT2D eigenvalue weighted by molar-refractivity contribution is -0.156. The van der Waals surface area contributed by atoms with Crippen molar-refractivity contribution in [3.8, 4) is 45.6 Å². The number of Topliss-reactive ketones (excluding diaryl/α,β-unsaturated/α-hetero) is 4. The fourth-order valence-electron chi connectivity index (χ4n) is 14.2. The molecule has 14 aromatic rings. The van der Waals surface area contributed by atoms with Gasteiger partial charge in [0.25, 0.3) is 5.91 Å². The van der Waals surface area contributed by atoms with Crippen molar-refractivity contribution in [2.75, 3.05) is 128 Å². The van der Waals surface area contributed by atoms with Crippen molar-refractivity contribution in [2.24, 2.45) is 0 Å². The van der Waals surface area contributed by atoms with E-state index in [1.807, 2.05) is 102 Å². The van der Waals surface area contributed by atoms with Crippen molar-refractivity contribution in [1.82, 2.24) is 64.9 Å². The second-order valence-electron chi connectivity index (χ2n) is 30.4. The van der Waals surface area contributed by atoms with E-state index in [1.165, 1.54) is 61.1 Å². The number of ether oxygens (including phenoxy) is 5. The van der Waals surface area contributed by atoms with Gasteiger partial charge in [0.1, 0.15) is 11.5 Å². The number of carbonyl (C=O) groups excluding carboxylic acids is 7. The fraction of sp³-hybridized carbons (Fsp3) is 0.250. The molecule has 10 N–H and O–H groups in total. The van der Waals surface area contributed by atoms with Crippen LogP contribution in [0.4, 0.5) is 22.7 Å². The number of nitrogen functional groups attached to an aromatic ring is 4. The number of nitrogens with one attached hydrogen (secondary N) is 1. The molecule has 31 heteroatoms. The highest BCUT2D eigenvalue weighted by atomic mass is 16.6. The molecule has 13 heterocycles. The molecule has 1 amide bonds. The number of rotatable bonds is 13. The van der Waals surface area contributed by atoms with Crippen LogP contribution in [0.25, 0.3) is 89.2 Å². The zero-order chi connectivity index (χ0) is 91.8. The number of pyridine rings is 9. The normalized spacial score (nSPS) is 13.9. The van der Waals surface area contributed by atoms with E-state index in [9.17, 15) is 43.5 Å². The SMILES string of the molecule is C.C1COCCN1.CC(=O)Cc1ccc(-c2cc(CN3CCOCC3)c3ccccc3n2)nc1.CC(=O)OC(C)=O.CC(=O)c1ccc(N)cn1.Nc1ccc(-c2cc(C(=O)N3CCOCC3)c3ccccc3n2)nc1.Nc1ccc(-c2cc(C(=O)O)c3ccccc3n2)nc1.Nc1ccc(-c2cc(CN3CCOCC3)c3ccccc3n2)nc1.O=C1Cc2ccccc2C1=O. The average Bonchev–Trinajstić information content (AvgIpc) is 1.80. The van der Waals surface area contributed by atoms with Crippen LogP contribution < -0.4 is 28.3 Å². The van der Waals surface area contributed by atoms with Crippen LogP contribution in [0.3, 0.4) is 0 Å². The van der Waals surface area contributed by atoms with Gasteiger partial charge in [-0.05, 0) is 132 Å². The minimum Gasteiger partial charge on any atom is -0.478 e. The number of amides is 1. The zero-order valence-electron chi connectivity index (χ0n) is 72.6. The zero-order valence-corrected chi connectivity index (χ0v) is 72.6. The Hall–Kier alpha value is -14.8. The Morgan fingerprint density at radius 3 is 1.15 bits per heavy atom. The van der Waals surface area contributed by atoms with Gasteiger partial charge in [0.2, 0.25) is 11.6 Å². The minimum atomic E-state index is -0.986. The number of benzene rings is 5. The highest BCUT2D eigenvalue weighted by molar-refractivity contribution is 6.47. The van der Waals surface area contributed by atoms with Crippen LogP contribution in [-0.2, 0) is 68.8 Å². The maximum Gasteiger partial charge on any atom is 0.336 e. The molecule has 31 nitrogen and oxygen atoms in total. The quantitative estimate of drug-likeness (QED) is 0.0270. The first-order valence-corrected chi connectivity index (χ1v) is 42.2. The van der Waals surface area contributed by atoms with E-state index in [0.717, 1.165) is 148 Å². The number of carboxylic acids is 1. The summed E-state index contributed by atoms with van der Waals surface area (Å²) in [6.45, 7) is 20.4. The maximum absolute atomic E-state index is 13.1. The highest BCUT2D eigenvalue weighted by Gasteiger charge is 2.28. The summed E-state index contributed by atoms with van der Waals surface area (Å²) in [6.07, 6.45) is 8.73. The van der Waals surface area contributed by atoms with Crippen molar-refractivity contribution in [3.63, 3.8) is 0 Å². The van der Waals surface area contributed by atoms with Gasteiger partial charge in [0, 0.05) is 132 Å². The number of nitrogens with two attached hydrogens (primary N) is 4. The van der Waals surface area contributed by atoms with Gasteiger partial charge in [-0.15, -0.1) is 0 Å². The summed E-state index contributed by atoms with van der Waals surface area (Å²) < 4.78 is 25.3. The summed E-state index contributed by atoms with van der Waals surface area (Å²) in [5, 5.41) is 16.3. The number of aromatic nitrogens is 9. The number of para-hydroxylation sites is 4. The molecule has 9 aromatic heterocycles. The molecular formula is C100H105N17O14. The van der Waals surface area contributed by atoms with Crippen LogP contribution in [0.2, 0.25) is 0 Å². The molecule has 0 saturated carbocycles. The number of carboxylic acid groups (broad SMARTS) is 1. The predicted molar refractivity (Wildman–Crippen MR) is 504 cm³/mol. The largest absolute Gasteiger partial charge is 0.478 e. The van der Waals surface area contributed by atoms with Crippen LogP contribution >= 0.6 is 0 Å². The lowest BCUT2D eigenvalue weighted by Crippen LogP contribution is -2.40. The number of ketones is 4. The van der Waals surface area contributed by atoms with Gasteiger partial charge in [-0.2, -0.15) is 0 Å². The number of fused-ring (bicyclic) bond motifs is 5. The maximum atomic E-state index is 13.1. The molecule has 5 aliphatic rings. The Bertz CT molecular complexity index is 6250. The molecule has 0 bridgehead atoms. The smallest absolute Gasteiger partial charge is 0.336 e. The molecule has 1 aliphatic carbocycles. The van der Waals surface area contributed by atoms with Crippen molar-refractivity contribution in [2.45, 2.75) is 61.1 Å². The van der Waals surface area contributed by atoms with E-state index in [2.05, 4.69) is 97.2 Å². The molecule has 4 aliphatic heterocycles. The second kappa shape index (κ2) is 48.4. The highest BCUT2D eigenvalue weighted by Crippen LogP contribution is 2.31. The number of carbonyl (C=O) groups is 8. The number of anilines is 4. The summed E-state index contributed by atoms with van der Waals surface area (Å²) in [7, 11) is 0. The molecule has 4 fully saturated rings. The van der Waals surface area contributed by atoms with E-state index in [1.54, 1.807) is 86.2 Å². The van der Waals surface area contributed by atoms with Crippen LogP contribution in [0, 0.1) is 0 Å². The Balaban J connectivity index is 0.000000151. The third-order valence-corrected chi connectivity index (χ3v) is 20.6. The minimum absolute atomic E-state index is 0. The average molecular weight is 1770 g/mol. The number of morpholine rings is 4. The Kier molecular flexibility index (Phi) is 35.7. The molecule has 0 unspecified atom stereocenters. The van der Waals surface area contributed by atoms with Crippen LogP contribution in [0.1, 0.15) is 98.9 Å². The fourth-order valence-corrected chi connectivity index (χ4v) is 14.2. The molecule has 19 rings (SSSR count). The summed E-state index contributed by atoms with van der Waals surface area (Å²) >= 11 is 0. The number of nitrogens with zero attached hydrogens (tertiary/aromatic N) is 12. The van der Waals surface area contributed by atoms with E-state index >= 15 is 0 Å². The van der Waals surface area contributed by atoms with Gasteiger partial charge in [0.05, 0.1) is 179 Å². The van der Waals surface area contributed by atoms with Crippen LogP contribution in [-0.4, -0.2) is 217 Å². The van der Waals surface area contributed by atoms with E-state index < -0.39 is 17.9 Å². The molecule has 674 valence electrons. The van der Waals surface area contributed by atoms with Gasteiger partial charge >= 0.3 is 17.9 Å². The summed E-state index contributed by atoms with van der Waals surface area (Å²) in [5.74, 6) is -2.63. The first kappa shape index (κ1) is 96.8. The van der Waals surface area contributed by atoms with Crippen molar-refractivity contribution in [3.05, 3.63) is 282 Å². The van der Waals surface area contributed by atoms with E-state index in [0.29, 0.717) is 106 Å². The summed E-state index contributed by atoms with van der Waals surface area (Å²) in [5.41, 5.74) is 40.3. The number of hydrogen-bond donors (Lipinski definition) is 6. The molecule has 4 saturated heterocycles. The number of aromatic carboxylic acids is 1. The van der Waals surface area contributed by atoms with Crippen LogP contribution in [0.5, 0.6) is 0 Å². The lowest BCUT2D eigenvalue weighted by atomic mass is 10.0. The molecule has 5 aromatic carbocycles. The first-order chi connectivity index (χ1) is 63.0. The Morgan fingerprint density at radius 1 is 0.412 bits per heavy atom. The molecule has 0 spiro atoms. The van der Waals surface area contributed by atoms with Crippen molar-refractivity contribution < 1.29 is 67.1 Å². The molecule has 0 radical (unpaired) electrons. The third-order valence-electron chi connectivity index (χ3n) is 20.6. The second-order valence-corrected chi connectivity index (χ2v) is 30.4. The predicted octanol–water partition coefficient (Wildman–Crippen LogP) is 13.1. The van der Waals surface area contributed by atoms with Gasteiger partial charge in [-0.1, -0.05) is 111 Å².